The zero-order valence-corrected chi connectivity index (χ0v) is 8.37. The summed E-state index contributed by atoms with van der Waals surface area (Å²) in [5.74, 6) is -1.22. The average Bonchev–Trinajstić information content (AvgIpc) is 2.14. The molecule has 0 heterocycles. The topological polar surface area (TPSA) is 87.7 Å². The van der Waals surface area contributed by atoms with Crippen LogP contribution in [0.4, 0.5) is 0 Å². The maximum Gasteiger partial charge on any atom is 0.320 e. The van der Waals surface area contributed by atoms with E-state index in [1.165, 1.54) is 14.0 Å². The molecule has 0 saturated carbocycles. The third kappa shape index (κ3) is 6.38. The standard InChI is InChI=1S/C8H16N2O4/c1-6(8(12)13)10-5-7(11)9-3-4-14-2/h6,10H,3-5H2,1-2H3,(H,9,11)(H,12,13). The number of carbonyl (C=O) groups excluding carboxylic acids is 1. The molecule has 0 aromatic rings. The number of nitrogens with one attached hydrogen (secondary N) is 2. The number of rotatable bonds is 7. The van der Waals surface area contributed by atoms with E-state index in [4.69, 9.17) is 9.84 Å². The van der Waals surface area contributed by atoms with E-state index >= 15 is 0 Å². The number of aliphatic carboxylic acids is 1. The van der Waals surface area contributed by atoms with Crippen molar-refractivity contribution >= 4 is 11.9 Å². The molecule has 6 nitrogen and oxygen atoms in total. The first-order chi connectivity index (χ1) is 6.57. The van der Waals surface area contributed by atoms with Gasteiger partial charge in [-0.25, -0.2) is 0 Å². The van der Waals surface area contributed by atoms with Crippen molar-refractivity contribution in [2.45, 2.75) is 13.0 Å². The zero-order chi connectivity index (χ0) is 11.0. The van der Waals surface area contributed by atoms with E-state index in [0.29, 0.717) is 13.2 Å². The third-order valence-corrected chi connectivity index (χ3v) is 1.57. The van der Waals surface area contributed by atoms with Crippen LogP contribution in [0.3, 0.4) is 0 Å². The molecule has 1 amide bonds. The highest BCUT2D eigenvalue weighted by molar-refractivity contribution is 5.79. The van der Waals surface area contributed by atoms with Crippen LogP contribution in [0.15, 0.2) is 0 Å². The van der Waals surface area contributed by atoms with Crippen molar-refractivity contribution < 1.29 is 19.4 Å². The molecule has 1 atom stereocenters. The lowest BCUT2D eigenvalue weighted by atomic mass is 10.3. The molecule has 0 aromatic carbocycles. The molecular formula is C8H16N2O4. The number of ether oxygens (including phenoxy) is 1. The quantitative estimate of drug-likeness (QED) is 0.454. The van der Waals surface area contributed by atoms with Gasteiger partial charge in [0.15, 0.2) is 0 Å². The monoisotopic (exact) mass is 204 g/mol. The molecule has 0 aliphatic heterocycles. The van der Waals surface area contributed by atoms with Crippen LogP contribution in [0, 0.1) is 0 Å². The van der Waals surface area contributed by atoms with E-state index in [9.17, 15) is 9.59 Å². The Bertz CT molecular complexity index is 196. The number of methoxy groups -OCH3 is 1. The Kier molecular flexibility index (Phi) is 6.69. The Labute approximate surface area is 82.6 Å². The van der Waals surface area contributed by atoms with Crippen molar-refractivity contribution in [2.24, 2.45) is 0 Å². The van der Waals surface area contributed by atoms with Gasteiger partial charge >= 0.3 is 5.97 Å². The normalized spacial score (nSPS) is 12.1. The Morgan fingerprint density at radius 3 is 2.64 bits per heavy atom. The van der Waals surface area contributed by atoms with Gasteiger partial charge in [-0.1, -0.05) is 0 Å². The second kappa shape index (κ2) is 7.28. The van der Waals surface area contributed by atoms with Crippen molar-refractivity contribution in [1.29, 1.82) is 0 Å². The van der Waals surface area contributed by atoms with Crippen LogP contribution < -0.4 is 10.6 Å². The summed E-state index contributed by atoms with van der Waals surface area (Å²) in [6, 6.07) is -0.719. The largest absolute Gasteiger partial charge is 0.480 e. The van der Waals surface area contributed by atoms with Crippen LogP contribution >= 0.6 is 0 Å². The number of hydrogen-bond acceptors (Lipinski definition) is 4. The minimum atomic E-state index is -0.977. The van der Waals surface area contributed by atoms with Gasteiger partial charge in [0.05, 0.1) is 13.2 Å². The molecule has 14 heavy (non-hydrogen) atoms. The van der Waals surface area contributed by atoms with Crippen molar-refractivity contribution in [3.63, 3.8) is 0 Å². The van der Waals surface area contributed by atoms with E-state index in [1.54, 1.807) is 0 Å². The number of carboxylic acid groups (broad SMARTS) is 1. The van der Waals surface area contributed by atoms with Gasteiger partial charge in [-0.15, -0.1) is 0 Å². The van der Waals surface area contributed by atoms with Gasteiger partial charge in [-0.05, 0) is 6.92 Å². The smallest absolute Gasteiger partial charge is 0.320 e. The molecule has 0 aliphatic rings. The van der Waals surface area contributed by atoms with E-state index in [0.717, 1.165) is 0 Å². The summed E-state index contributed by atoms with van der Waals surface area (Å²) in [4.78, 5) is 21.4. The highest BCUT2D eigenvalue weighted by atomic mass is 16.5. The lowest BCUT2D eigenvalue weighted by Crippen LogP contribution is -2.42. The highest BCUT2D eigenvalue weighted by Crippen LogP contribution is 1.79. The van der Waals surface area contributed by atoms with Crippen LogP contribution in [-0.2, 0) is 14.3 Å². The Hall–Kier alpha value is -1.14. The number of hydrogen-bond donors (Lipinski definition) is 3. The van der Waals surface area contributed by atoms with Crippen LogP contribution in [0.2, 0.25) is 0 Å². The second-order valence-corrected chi connectivity index (χ2v) is 2.78. The molecule has 0 fully saturated rings. The molecule has 0 aromatic heterocycles. The fourth-order valence-electron chi connectivity index (χ4n) is 0.688. The van der Waals surface area contributed by atoms with Gasteiger partial charge in [0.2, 0.25) is 5.91 Å². The van der Waals surface area contributed by atoms with Gasteiger partial charge < -0.3 is 15.2 Å². The fraction of sp³-hybridized carbons (Fsp3) is 0.750. The molecule has 1 unspecified atom stereocenters. The molecule has 0 bridgehead atoms. The SMILES string of the molecule is COCCNC(=O)CNC(C)C(=O)O. The van der Waals surface area contributed by atoms with E-state index in [2.05, 4.69) is 10.6 Å². The van der Waals surface area contributed by atoms with Gasteiger partial charge in [0, 0.05) is 13.7 Å². The Balaban J connectivity index is 3.48. The summed E-state index contributed by atoms with van der Waals surface area (Å²) >= 11 is 0. The molecule has 3 N–H and O–H groups in total. The molecule has 0 saturated heterocycles. The first-order valence-electron chi connectivity index (χ1n) is 4.29. The minimum Gasteiger partial charge on any atom is -0.480 e. The summed E-state index contributed by atoms with van der Waals surface area (Å²) in [5, 5.41) is 13.6. The molecule has 82 valence electrons. The third-order valence-electron chi connectivity index (χ3n) is 1.57. The van der Waals surface area contributed by atoms with E-state index in [1.807, 2.05) is 0 Å². The van der Waals surface area contributed by atoms with E-state index in [-0.39, 0.29) is 12.5 Å². The van der Waals surface area contributed by atoms with Crippen molar-refractivity contribution in [2.75, 3.05) is 26.8 Å². The van der Waals surface area contributed by atoms with Crippen LogP contribution in [0.25, 0.3) is 0 Å². The maximum absolute atomic E-state index is 11.0. The average molecular weight is 204 g/mol. The van der Waals surface area contributed by atoms with Gasteiger partial charge in [-0.2, -0.15) is 0 Å². The molecule has 0 radical (unpaired) electrons. The summed E-state index contributed by atoms with van der Waals surface area (Å²) < 4.78 is 4.73. The summed E-state index contributed by atoms with van der Waals surface area (Å²) in [7, 11) is 1.54. The van der Waals surface area contributed by atoms with Gasteiger partial charge in [0.25, 0.3) is 0 Å². The molecule has 0 rings (SSSR count). The fourth-order valence-corrected chi connectivity index (χ4v) is 0.688. The van der Waals surface area contributed by atoms with Crippen molar-refractivity contribution in [3.05, 3.63) is 0 Å². The summed E-state index contributed by atoms with van der Waals surface area (Å²) in [5.41, 5.74) is 0. The molecule has 0 spiro atoms. The van der Waals surface area contributed by atoms with Gasteiger partial charge in [0.1, 0.15) is 6.04 Å². The predicted molar refractivity (Wildman–Crippen MR) is 50.0 cm³/mol. The lowest BCUT2D eigenvalue weighted by molar-refractivity contribution is -0.139. The Morgan fingerprint density at radius 1 is 1.50 bits per heavy atom. The zero-order valence-electron chi connectivity index (χ0n) is 8.37. The Morgan fingerprint density at radius 2 is 2.14 bits per heavy atom. The van der Waals surface area contributed by atoms with Crippen LogP contribution in [0.5, 0.6) is 0 Å². The highest BCUT2D eigenvalue weighted by Gasteiger charge is 2.10. The maximum atomic E-state index is 11.0. The van der Waals surface area contributed by atoms with Crippen LogP contribution in [-0.4, -0.2) is 49.8 Å². The number of carboxylic acids is 1. The summed E-state index contributed by atoms with van der Waals surface area (Å²) in [6.45, 7) is 2.35. The number of amides is 1. The lowest BCUT2D eigenvalue weighted by Gasteiger charge is -2.08. The summed E-state index contributed by atoms with van der Waals surface area (Å²) in [6.07, 6.45) is 0. The first-order valence-corrected chi connectivity index (χ1v) is 4.29. The van der Waals surface area contributed by atoms with Gasteiger partial charge in [-0.3, -0.25) is 14.9 Å². The minimum absolute atomic E-state index is 0.00280. The van der Waals surface area contributed by atoms with Crippen molar-refractivity contribution in [1.82, 2.24) is 10.6 Å². The molecule has 0 aliphatic carbocycles. The molecular weight excluding hydrogens is 188 g/mol. The molecule has 6 heteroatoms. The first kappa shape index (κ1) is 12.9. The van der Waals surface area contributed by atoms with Crippen molar-refractivity contribution in [3.8, 4) is 0 Å². The predicted octanol–water partition coefficient (Wildman–Crippen LogP) is -1.19. The van der Waals surface area contributed by atoms with E-state index < -0.39 is 12.0 Å². The van der Waals surface area contributed by atoms with Crippen LogP contribution in [0.1, 0.15) is 6.92 Å². The second-order valence-electron chi connectivity index (χ2n) is 2.78. The number of carbonyl (C=O) groups is 2.